The second-order valence-electron chi connectivity index (χ2n) is 7.67. The largest absolute Gasteiger partial charge is 1.00 e. The summed E-state index contributed by atoms with van der Waals surface area (Å²) in [4.78, 5) is 37.8. The van der Waals surface area contributed by atoms with E-state index in [0.29, 0.717) is 36.3 Å². The SMILES string of the molecule is Cc1cc(C(=O)C2C(=O)CCCC2=O)c(C)c2c1S(=O)(=O)CCC21OCCO1.[H-].[Na+]. The molecule has 4 rings (SSSR count). The van der Waals surface area contributed by atoms with Crippen LogP contribution in [0.3, 0.4) is 0 Å². The summed E-state index contributed by atoms with van der Waals surface area (Å²) in [5.74, 6) is -3.90. The van der Waals surface area contributed by atoms with Gasteiger partial charge in [0.25, 0.3) is 0 Å². The molecule has 29 heavy (non-hydrogen) atoms. The van der Waals surface area contributed by atoms with E-state index >= 15 is 0 Å². The maximum absolute atomic E-state index is 13.2. The number of Topliss-reactive ketones (excluding diaryl/α,β-unsaturated/α-hetero) is 3. The van der Waals surface area contributed by atoms with Crippen molar-refractivity contribution in [2.45, 2.75) is 50.2 Å². The molecule has 0 unspecified atom stereocenters. The van der Waals surface area contributed by atoms with Crippen LogP contribution >= 0.6 is 0 Å². The summed E-state index contributed by atoms with van der Waals surface area (Å²) in [7, 11) is -3.55. The van der Waals surface area contributed by atoms with Crippen molar-refractivity contribution in [3.05, 3.63) is 28.3 Å². The van der Waals surface area contributed by atoms with Gasteiger partial charge in [-0.15, -0.1) is 0 Å². The molecule has 9 heteroatoms. The van der Waals surface area contributed by atoms with Gasteiger partial charge in [0.2, 0.25) is 0 Å². The van der Waals surface area contributed by atoms with Crippen LogP contribution in [0.5, 0.6) is 0 Å². The molecule has 2 heterocycles. The molecular formula is C20H23NaO7S. The van der Waals surface area contributed by atoms with Gasteiger partial charge in [0.05, 0.1) is 23.9 Å². The average molecular weight is 430 g/mol. The first kappa shape index (κ1) is 22.8. The molecule has 0 atom stereocenters. The third-order valence-electron chi connectivity index (χ3n) is 5.89. The van der Waals surface area contributed by atoms with Gasteiger partial charge in [0.15, 0.2) is 33.0 Å². The fourth-order valence-electron chi connectivity index (χ4n) is 4.60. The van der Waals surface area contributed by atoms with Crippen LogP contribution in [0, 0.1) is 19.8 Å². The van der Waals surface area contributed by atoms with Crippen molar-refractivity contribution in [1.82, 2.24) is 0 Å². The zero-order valence-electron chi connectivity index (χ0n) is 17.9. The summed E-state index contributed by atoms with van der Waals surface area (Å²) in [6, 6.07) is 1.48. The van der Waals surface area contributed by atoms with Crippen LogP contribution < -0.4 is 29.6 Å². The van der Waals surface area contributed by atoms with Gasteiger partial charge in [-0.05, 0) is 37.5 Å². The summed E-state index contributed by atoms with van der Waals surface area (Å²) in [5, 5.41) is 0. The minimum absolute atomic E-state index is 0. The predicted octanol–water partition coefficient (Wildman–Crippen LogP) is -1.08. The van der Waals surface area contributed by atoms with Crippen molar-refractivity contribution >= 4 is 27.2 Å². The molecule has 0 N–H and O–H groups in total. The number of sulfone groups is 1. The molecule has 2 aliphatic heterocycles. The van der Waals surface area contributed by atoms with Gasteiger partial charge >= 0.3 is 29.6 Å². The van der Waals surface area contributed by atoms with E-state index in [1.165, 1.54) is 6.07 Å². The molecule has 1 saturated carbocycles. The van der Waals surface area contributed by atoms with E-state index in [2.05, 4.69) is 0 Å². The van der Waals surface area contributed by atoms with Crippen molar-refractivity contribution in [3.8, 4) is 0 Å². The molecule has 2 fully saturated rings. The van der Waals surface area contributed by atoms with Crippen LogP contribution in [-0.2, 0) is 34.7 Å². The van der Waals surface area contributed by atoms with Crippen LogP contribution in [0.2, 0.25) is 0 Å². The Labute approximate surface area is 193 Å². The maximum atomic E-state index is 13.2. The minimum atomic E-state index is -3.55. The van der Waals surface area contributed by atoms with Gasteiger partial charge in [0.1, 0.15) is 5.92 Å². The topological polar surface area (TPSA) is 104 Å². The summed E-state index contributed by atoms with van der Waals surface area (Å²) < 4.78 is 37.2. The van der Waals surface area contributed by atoms with Crippen LogP contribution in [-0.4, -0.2) is 44.7 Å². The van der Waals surface area contributed by atoms with E-state index in [9.17, 15) is 22.8 Å². The number of carbonyl (C=O) groups excluding carboxylic acids is 3. The van der Waals surface area contributed by atoms with Crippen LogP contribution in [0.15, 0.2) is 11.0 Å². The van der Waals surface area contributed by atoms with Crippen molar-refractivity contribution in [3.63, 3.8) is 0 Å². The second-order valence-corrected chi connectivity index (χ2v) is 9.72. The normalized spacial score (nSPS) is 23.0. The number of carbonyl (C=O) groups is 3. The van der Waals surface area contributed by atoms with Crippen molar-refractivity contribution in [2.75, 3.05) is 19.0 Å². The number of rotatable bonds is 2. The van der Waals surface area contributed by atoms with E-state index in [0.717, 1.165) is 0 Å². The van der Waals surface area contributed by atoms with Gasteiger partial charge < -0.3 is 10.9 Å². The zero-order chi connectivity index (χ0) is 20.3. The molecule has 1 saturated heterocycles. The second kappa shape index (κ2) is 7.98. The first-order valence-corrected chi connectivity index (χ1v) is 11.1. The van der Waals surface area contributed by atoms with Crippen molar-refractivity contribution in [2.24, 2.45) is 5.92 Å². The number of benzene rings is 1. The molecular weight excluding hydrogens is 407 g/mol. The van der Waals surface area contributed by atoms with Gasteiger partial charge in [-0.2, -0.15) is 0 Å². The number of fused-ring (bicyclic) bond motifs is 2. The third-order valence-corrected chi connectivity index (χ3v) is 7.78. The molecule has 0 bridgehead atoms. The zero-order valence-corrected chi connectivity index (χ0v) is 19.7. The Bertz CT molecular complexity index is 996. The van der Waals surface area contributed by atoms with Crippen LogP contribution in [0.25, 0.3) is 0 Å². The van der Waals surface area contributed by atoms with Gasteiger partial charge in [-0.1, -0.05) is 0 Å². The number of aryl methyl sites for hydroxylation is 1. The predicted molar refractivity (Wildman–Crippen MR) is 99.0 cm³/mol. The Morgan fingerprint density at radius 1 is 1.14 bits per heavy atom. The van der Waals surface area contributed by atoms with Crippen molar-refractivity contribution < 1.29 is 63.3 Å². The Morgan fingerprint density at radius 3 is 2.31 bits per heavy atom. The number of hydrogen-bond acceptors (Lipinski definition) is 7. The fourth-order valence-corrected chi connectivity index (χ4v) is 6.51. The van der Waals surface area contributed by atoms with E-state index in [4.69, 9.17) is 9.47 Å². The quantitative estimate of drug-likeness (QED) is 0.334. The number of hydrogen-bond donors (Lipinski definition) is 0. The summed E-state index contributed by atoms with van der Waals surface area (Å²) >= 11 is 0. The molecule has 1 aromatic carbocycles. The number of ketones is 3. The van der Waals surface area contributed by atoms with E-state index in [1.54, 1.807) is 13.8 Å². The van der Waals surface area contributed by atoms with E-state index in [1.807, 2.05) is 0 Å². The molecule has 1 aromatic rings. The van der Waals surface area contributed by atoms with E-state index < -0.39 is 27.3 Å². The molecule has 0 radical (unpaired) electrons. The molecule has 0 aromatic heterocycles. The smallest absolute Gasteiger partial charge is 1.00 e. The molecule has 1 spiro atoms. The fraction of sp³-hybridized carbons (Fsp3) is 0.550. The Morgan fingerprint density at radius 2 is 1.72 bits per heavy atom. The van der Waals surface area contributed by atoms with Gasteiger partial charge in [-0.25, -0.2) is 8.42 Å². The first-order valence-electron chi connectivity index (χ1n) is 9.43. The van der Waals surface area contributed by atoms with Crippen LogP contribution in [0.4, 0.5) is 0 Å². The van der Waals surface area contributed by atoms with Crippen LogP contribution in [0.1, 0.15) is 54.2 Å². The van der Waals surface area contributed by atoms with Gasteiger partial charge in [0, 0.05) is 30.4 Å². The summed E-state index contributed by atoms with van der Waals surface area (Å²) in [5.41, 5.74) is 1.34. The monoisotopic (exact) mass is 430 g/mol. The Hall–Kier alpha value is -0.900. The Balaban J connectivity index is 0.00000160. The van der Waals surface area contributed by atoms with Crippen molar-refractivity contribution in [1.29, 1.82) is 0 Å². The summed E-state index contributed by atoms with van der Waals surface area (Å²) in [6.45, 7) is 3.91. The Kier molecular flexibility index (Phi) is 6.27. The molecule has 152 valence electrons. The standard InChI is InChI=1S/C20H22O7S.Na.H/c1-11-10-13(18(23)16-14(21)4-3-5-15(16)22)12(2)17-19(11)28(24,25)9-6-20(17)26-7-8-27-20;;/h10,16H,3-9H2,1-2H3;;/q;+1;-1. The molecule has 7 nitrogen and oxygen atoms in total. The van der Waals surface area contributed by atoms with Gasteiger partial charge in [-0.3, -0.25) is 14.4 Å². The average Bonchev–Trinajstić information content (AvgIpc) is 3.09. The molecule has 1 aliphatic carbocycles. The third kappa shape index (κ3) is 3.58. The maximum Gasteiger partial charge on any atom is 1.00 e. The number of ether oxygens (including phenoxy) is 2. The first-order chi connectivity index (χ1) is 13.2. The molecule has 0 amide bonds. The molecule has 3 aliphatic rings. The minimum Gasteiger partial charge on any atom is -1.00 e. The summed E-state index contributed by atoms with van der Waals surface area (Å²) in [6.07, 6.45) is 1.01. The van der Waals surface area contributed by atoms with E-state index in [-0.39, 0.29) is 78.0 Å².